The highest BCUT2D eigenvalue weighted by Crippen LogP contribution is 2.55. The van der Waals surface area contributed by atoms with Crippen molar-refractivity contribution in [3.05, 3.63) is 12.7 Å². The minimum Gasteiger partial charge on any atom is -0.327 e. The lowest BCUT2D eigenvalue weighted by molar-refractivity contribution is -0.313. The van der Waals surface area contributed by atoms with Gasteiger partial charge in [0.1, 0.15) is 0 Å². The summed E-state index contributed by atoms with van der Waals surface area (Å²) in [7, 11) is 0. The van der Waals surface area contributed by atoms with Crippen LogP contribution in [0.5, 0.6) is 0 Å². The zero-order valence-corrected chi connectivity index (χ0v) is 12.1. The van der Waals surface area contributed by atoms with Gasteiger partial charge in [0, 0.05) is 12.0 Å². The van der Waals surface area contributed by atoms with E-state index in [0.29, 0.717) is 6.42 Å². The molecule has 2 N–H and O–H groups in total. The van der Waals surface area contributed by atoms with Crippen molar-refractivity contribution in [2.75, 3.05) is 0 Å². The van der Waals surface area contributed by atoms with Gasteiger partial charge in [-0.2, -0.15) is 22.0 Å². The molecule has 1 aliphatic carbocycles. The Morgan fingerprint density at radius 2 is 1.67 bits per heavy atom. The van der Waals surface area contributed by atoms with E-state index in [2.05, 4.69) is 6.58 Å². The largest absolute Gasteiger partial charge is 0.429 e. The van der Waals surface area contributed by atoms with Gasteiger partial charge in [-0.25, -0.2) is 4.39 Å². The number of rotatable bonds is 4. The molecule has 0 heterocycles. The molecule has 5 atom stereocenters. The van der Waals surface area contributed by atoms with Gasteiger partial charge in [0.05, 0.1) is 0 Å². The normalized spacial score (nSPS) is 34.3. The predicted octanol–water partition coefficient (Wildman–Crippen LogP) is 4.48. The summed E-state index contributed by atoms with van der Waals surface area (Å²) < 4.78 is 81.2. The second kappa shape index (κ2) is 5.82. The maximum atomic E-state index is 14.6. The first-order chi connectivity index (χ1) is 9.42. The Bertz CT molecular complexity index is 380. The molecular weight excluding hydrogens is 296 g/mol. The number of allylic oxidation sites excluding steroid dienone is 1. The average molecular weight is 317 g/mol. The second-order valence-electron chi connectivity index (χ2n) is 5.93. The van der Waals surface area contributed by atoms with Gasteiger partial charge in [-0.15, -0.1) is 0 Å². The third kappa shape index (κ3) is 2.94. The van der Waals surface area contributed by atoms with Crippen LogP contribution in [0.1, 0.15) is 33.1 Å². The Hall–Kier alpha value is -0.720. The molecule has 7 heteroatoms. The van der Waals surface area contributed by atoms with E-state index in [0.717, 1.165) is 0 Å². The summed E-state index contributed by atoms with van der Waals surface area (Å²) in [5.74, 6) is -7.36. The van der Waals surface area contributed by atoms with Crippen molar-refractivity contribution >= 4 is 0 Å². The van der Waals surface area contributed by atoms with Crippen molar-refractivity contribution in [3.63, 3.8) is 0 Å². The van der Waals surface area contributed by atoms with Crippen LogP contribution in [0.2, 0.25) is 0 Å². The lowest BCUT2D eigenvalue weighted by atomic mass is 9.65. The van der Waals surface area contributed by atoms with E-state index in [4.69, 9.17) is 5.73 Å². The summed E-state index contributed by atoms with van der Waals surface area (Å²) >= 11 is 0. The molecule has 0 radical (unpaired) electrons. The molecular formula is C14H21F6N. The van der Waals surface area contributed by atoms with Crippen LogP contribution in [-0.2, 0) is 0 Å². The fraction of sp³-hybridized carbons (Fsp3) is 0.857. The van der Waals surface area contributed by atoms with E-state index in [-0.39, 0.29) is 18.9 Å². The SMILES string of the molecule is C=CC(F)(F)C(F)(C1CC(C)C(N)[C@@H](CC)C1)C(F)(F)F. The highest BCUT2D eigenvalue weighted by atomic mass is 19.4. The molecule has 1 aliphatic rings. The quantitative estimate of drug-likeness (QED) is 0.600. The molecule has 0 aromatic rings. The fourth-order valence-corrected chi connectivity index (χ4v) is 3.29. The Kier molecular flexibility index (Phi) is 5.08. The average Bonchev–Trinajstić information content (AvgIpc) is 2.39. The smallest absolute Gasteiger partial charge is 0.327 e. The van der Waals surface area contributed by atoms with Crippen LogP contribution in [0, 0.1) is 17.8 Å². The van der Waals surface area contributed by atoms with Crippen LogP contribution in [0.25, 0.3) is 0 Å². The van der Waals surface area contributed by atoms with Crippen LogP contribution < -0.4 is 5.73 Å². The first-order valence-electron chi connectivity index (χ1n) is 6.95. The zero-order chi connectivity index (χ0) is 16.6. The van der Waals surface area contributed by atoms with Gasteiger partial charge >= 0.3 is 12.1 Å². The van der Waals surface area contributed by atoms with E-state index in [1.54, 1.807) is 13.8 Å². The summed E-state index contributed by atoms with van der Waals surface area (Å²) in [6.07, 6.45) is -6.12. The van der Waals surface area contributed by atoms with Crippen LogP contribution in [0.3, 0.4) is 0 Å². The Labute approximate surface area is 120 Å². The standard InChI is InChI=1S/C14H21F6N/c1-4-9-7-10(6-8(3)11(9)21)13(17,14(18,19)20)12(15,16)5-2/h5,8-11H,2,4,6-7,21H2,1,3H3/t8?,9-,10?,11?,13?/m0/s1. The van der Waals surface area contributed by atoms with Crippen LogP contribution in [0.15, 0.2) is 12.7 Å². The van der Waals surface area contributed by atoms with E-state index in [1.165, 1.54) is 0 Å². The van der Waals surface area contributed by atoms with Crippen molar-refractivity contribution in [1.29, 1.82) is 0 Å². The van der Waals surface area contributed by atoms with Crippen molar-refractivity contribution in [2.24, 2.45) is 23.5 Å². The Morgan fingerprint density at radius 3 is 2.05 bits per heavy atom. The van der Waals surface area contributed by atoms with E-state index >= 15 is 0 Å². The van der Waals surface area contributed by atoms with Crippen LogP contribution >= 0.6 is 0 Å². The molecule has 4 unspecified atom stereocenters. The number of hydrogen-bond donors (Lipinski definition) is 1. The van der Waals surface area contributed by atoms with Crippen molar-refractivity contribution < 1.29 is 26.3 Å². The second-order valence-corrected chi connectivity index (χ2v) is 5.93. The highest BCUT2D eigenvalue weighted by molar-refractivity contribution is 5.13. The monoisotopic (exact) mass is 317 g/mol. The van der Waals surface area contributed by atoms with Gasteiger partial charge in [0.25, 0.3) is 5.67 Å². The maximum Gasteiger partial charge on any atom is 0.429 e. The third-order valence-electron chi connectivity index (χ3n) is 4.69. The zero-order valence-electron chi connectivity index (χ0n) is 12.1. The number of hydrogen-bond acceptors (Lipinski definition) is 1. The van der Waals surface area contributed by atoms with Gasteiger partial charge in [0.15, 0.2) is 0 Å². The molecule has 21 heavy (non-hydrogen) atoms. The summed E-state index contributed by atoms with van der Waals surface area (Å²) in [5.41, 5.74) is 1.27. The van der Waals surface area contributed by atoms with Gasteiger partial charge in [0.2, 0.25) is 0 Å². The van der Waals surface area contributed by atoms with E-state index in [9.17, 15) is 26.3 Å². The van der Waals surface area contributed by atoms with Gasteiger partial charge in [-0.1, -0.05) is 26.8 Å². The summed E-state index contributed by atoms with van der Waals surface area (Å²) in [5, 5.41) is 0. The minimum absolute atomic E-state index is 0.249. The van der Waals surface area contributed by atoms with Crippen molar-refractivity contribution in [1.82, 2.24) is 0 Å². The molecule has 1 rings (SSSR count). The molecule has 0 spiro atoms. The number of halogens is 6. The van der Waals surface area contributed by atoms with Crippen molar-refractivity contribution in [3.8, 4) is 0 Å². The third-order valence-corrected chi connectivity index (χ3v) is 4.69. The van der Waals surface area contributed by atoms with Gasteiger partial charge < -0.3 is 5.73 Å². The maximum absolute atomic E-state index is 14.6. The lowest BCUT2D eigenvalue weighted by Gasteiger charge is -2.46. The minimum atomic E-state index is -5.67. The summed E-state index contributed by atoms with van der Waals surface area (Å²) in [6.45, 7) is 5.94. The predicted molar refractivity (Wildman–Crippen MR) is 68.7 cm³/mol. The lowest BCUT2D eigenvalue weighted by Crippen LogP contribution is -2.62. The number of nitrogens with two attached hydrogens (primary N) is 1. The molecule has 0 aliphatic heterocycles. The Balaban J connectivity index is 3.26. The molecule has 1 fully saturated rings. The van der Waals surface area contributed by atoms with Crippen molar-refractivity contribution in [2.45, 2.75) is 56.9 Å². The molecule has 0 aromatic heterocycles. The molecule has 0 saturated heterocycles. The van der Waals surface area contributed by atoms with E-state index in [1.807, 2.05) is 0 Å². The molecule has 1 nitrogen and oxygen atoms in total. The molecule has 0 amide bonds. The van der Waals surface area contributed by atoms with Gasteiger partial charge in [-0.05, 0) is 30.8 Å². The molecule has 0 bridgehead atoms. The van der Waals surface area contributed by atoms with Gasteiger partial charge in [-0.3, -0.25) is 0 Å². The molecule has 124 valence electrons. The van der Waals surface area contributed by atoms with Crippen LogP contribution in [-0.4, -0.2) is 23.8 Å². The Morgan fingerprint density at radius 1 is 1.14 bits per heavy atom. The fourth-order valence-electron chi connectivity index (χ4n) is 3.29. The topological polar surface area (TPSA) is 26.0 Å². The molecule has 0 aromatic carbocycles. The van der Waals surface area contributed by atoms with E-state index < -0.39 is 41.6 Å². The summed E-state index contributed by atoms with van der Waals surface area (Å²) in [4.78, 5) is 0. The highest BCUT2D eigenvalue weighted by Gasteiger charge is 2.73. The first-order valence-corrected chi connectivity index (χ1v) is 6.95. The first kappa shape index (κ1) is 18.3. The molecule has 1 saturated carbocycles. The number of alkyl halides is 6. The summed E-state index contributed by atoms with van der Waals surface area (Å²) in [6, 6.07) is -0.402. The van der Waals surface area contributed by atoms with Crippen LogP contribution in [0.4, 0.5) is 26.3 Å².